The van der Waals surface area contributed by atoms with E-state index >= 15 is 0 Å². The van der Waals surface area contributed by atoms with Gasteiger partial charge in [-0.3, -0.25) is 4.79 Å². The average molecular weight is 419 g/mol. The number of anilines is 1. The normalized spacial score (nSPS) is 13.7. The van der Waals surface area contributed by atoms with Gasteiger partial charge in [0.25, 0.3) is 0 Å². The molecule has 30 heavy (non-hydrogen) atoms. The van der Waals surface area contributed by atoms with Gasteiger partial charge in [-0.25, -0.2) is 15.0 Å². The molecule has 2 N–H and O–H groups in total. The molecule has 0 fully saturated rings. The Bertz CT molecular complexity index is 1200. The highest BCUT2D eigenvalue weighted by molar-refractivity contribution is 8.00. The second kappa shape index (κ2) is 8.03. The van der Waals surface area contributed by atoms with Gasteiger partial charge in [-0.15, -0.1) is 0 Å². The quantitative estimate of drug-likeness (QED) is 0.376. The number of H-pyrrole nitrogens is 1. The largest absolute Gasteiger partial charge is 0.486 e. The Morgan fingerprint density at radius 1 is 1.03 bits per heavy atom. The summed E-state index contributed by atoms with van der Waals surface area (Å²) in [5.41, 5.74) is 2.77. The van der Waals surface area contributed by atoms with Crippen molar-refractivity contribution in [3.05, 3.63) is 66.7 Å². The monoisotopic (exact) mass is 419 g/mol. The van der Waals surface area contributed by atoms with E-state index in [9.17, 15) is 4.79 Å². The summed E-state index contributed by atoms with van der Waals surface area (Å²) < 4.78 is 11.2. The minimum Gasteiger partial charge on any atom is -0.486 e. The summed E-state index contributed by atoms with van der Waals surface area (Å²) >= 11 is 1.34. The Labute approximate surface area is 176 Å². The first-order valence-electron chi connectivity index (χ1n) is 9.34. The Morgan fingerprint density at radius 2 is 1.87 bits per heavy atom. The van der Waals surface area contributed by atoms with Gasteiger partial charge in [0.15, 0.2) is 17.1 Å². The fourth-order valence-electron chi connectivity index (χ4n) is 3.17. The maximum absolute atomic E-state index is 13.3. The number of nitrogens with zero attached hydrogens (tertiary/aromatic N) is 3. The third kappa shape index (κ3) is 3.67. The van der Waals surface area contributed by atoms with Crippen LogP contribution in [0.3, 0.4) is 0 Å². The van der Waals surface area contributed by atoms with Crippen LogP contribution in [-0.4, -0.2) is 39.1 Å². The zero-order valence-corrected chi connectivity index (χ0v) is 16.6. The Morgan fingerprint density at radius 3 is 2.73 bits per heavy atom. The SMILES string of the molecule is O=C(Nc1ccc2c(c1)OCCO2)[C@@H](Sc1ncnc2nc[nH]c12)c1ccccc1. The molecule has 0 bridgehead atoms. The van der Waals surface area contributed by atoms with Crippen molar-refractivity contribution in [3.63, 3.8) is 0 Å². The number of hydrogen-bond acceptors (Lipinski definition) is 7. The first-order chi connectivity index (χ1) is 14.8. The zero-order valence-electron chi connectivity index (χ0n) is 15.7. The van der Waals surface area contributed by atoms with Gasteiger partial charge in [0.05, 0.1) is 6.33 Å². The first-order valence-corrected chi connectivity index (χ1v) is 10.2. The highest BCUT2D eigenvalue weighted by Gasteiger charge is 2.25. The number of ether oxygens (including phenoxy) is 2. The molecule has 8 nitrogen and oxygen atoms in total. The maximum atomic E-state index is 13.3. The van der Waals surface area contributed by atoms with Crippen LogP contribution in [0.2, 0.25) is 0 Å². The third-order valence-corrected chi connectivity index (χ3v) is 5.82. The van der Waals surface area contributed by atoms with Crippen molar-refractivity contribution >= 4 is 34.5 Å². The number of aromatic nitrogens is 4. The topological polar surface area (TPSA) is 102 Å². The molecule has 0 saturated carbocycles. The van der Waals surface area contributed by atoms with Crippen LogP contribution in [-0.2, 0) is 4.79 Å². The lowest BCUT2D eigenvalue weighted by Gasteiger charge is -2.20. The van der Waals surface area contributed by atoms with Crippen LogP contribution < -0.4 is 14.8 Å². The van der Waals surface area contributed by atoms with Crippen molar-refractivity contribution in [3.8, 4) is 11.5 Å². The minimum atomic E-state index is -0.527. The van der Waals surface area contributed by atoms with Gasteiger partial charge in [-0.1, -0.05) is 42.1 Å². The predicted molar refractivity (Wildman–Crippen MR) is 113 cm³/mol. The number of rotatable bonds is 5. The molecule has 0 unspecified atom stereocenters. The summed E-state index contributed by atoms with van der Waals surface area (Å²) in [5.74, 6) is 1.13. The second-order valence-corrected chi connectivity index (χ2v) is 7.63. The predicted octanol–water partition coefficient (Wildman–Crippen LogP) is 3.60. The van der Waals surface area contributed by atoms with E-state index in [1.54, 1.807) is 24.5 Å². The van der Waals surface area contributed by atoms with Crippen molar-refractivity contribution in [2.45, 2.75) is 10.3 Å². The summed E-state index contributed by atoms with van der Waals surface area (Å²) in [6, 6.07) is 15.0. The van der Waals surface area contributed by atoms with Crippen LogP contribution in [0.15, 0.2) is 66.2 Å². The smallest absolute Gasteiger partial charge is 0.242 e. The highest BCUT2D eigenvalue weighted by Crippen LogP contribution is 2.38. The van der Waals surface area contributed by atoms with Crippen LogP contribution in [0.1, 0.15) is 10.8 Å². The molecule has 0 aliphatic carbocycles. The molecule has 0 saturated heterocycles. The summed E-state index contributed by atoms with van der Waals surface area (Å²) in [7, 11) is 0. The maximum Gasteiger partial charge on any atom is 0.242 e. The van der Waals surface area contributed by atoms with Crippen LogP contribution in [0, 0.1) is 0 Å². The van der Waals surface area contributed by atoms with E-state index in [0.29, 0.717) is 46.6 Å². The molecular formula is C21H17N5O3S. The molecule has 5 rings (SSSR count). The molecule has 2 aromatic carbocycles. The molecule has 4 aromatic rings. The van der Waals surface area contributed by atoms with Crippen LogP contribution >= 0.6 is 11.8 Å². The van der Waals surface area contributed by atoms with E-state index in [0.717, 1.165) is 5.56 Å². The number of amides is 1. The van der Waals surface area contributed by atoms with Crippen molar-refractivity contribution in [2.24, 2.45) is 0 Å². The number of fused-ring (bicyclic) bond motifs is 2. The average Bonchev–Trinajstić information content (AvgIpc) is 3.27. The molecule has 0 radical (unpaired) electrons. The molecule has 9 heteroatoms. The van der Waals surface area contributed by atoms with Gasteiger partial charge in [0.2, 0.25) is 5.91 Å². The lowest BCUT2D eigenvalue weighted by atomic mass is 10.1. The van der Waals surface area contributed by atoms with Gasteiger partial charge in [-0.05, 0) is 17.7 Å². The number of thioether (sulfide) groups is 1. The number of benzene rings is 2. The fourth-order valence-corrected chi connectivity index (χ4v) is 4.23. The Balaban J connectivity index is 1.44. The van der Waals surface area contributed by atoms with Crippen molar-refractivity contribution in [2.75, 3.05) is 18.5 Å². The number of carbonyl (C=O) groups is 1. The van der Waals surface area contributed by atoms with Crippen molar-refractivity contribution < 1.29 is 14.3 Å². The van der Waals surface area contributed by atoms with Crippen LogP contribution in [0.4, 0.5) is 5.69 Å². The lowest BCUT2D eigenvalue weighted by Crippen LogP contribution is -2.20. The number of imidazole rings is 1. The summed E-state index contributed by atoms with van der Waals surface area (Å²) in [6.07, 6.45) is 3.02. The van der Waals surface area contributed by atoms with Gasteiger partial charge >= 0.3 is 0 Å². The van der Waals surface area contributed by atoms with Gasteiger partial charge < -0.3 is 19.8 Å². The molecular weight excluding hydrogens is 402 g/mol. The molecule has 1 amide bonds. The van der Waals surface area contributed by atoms with Gasteiger partial charge in [0.1, 0.15) is 35.3 Å². The van der Waals surface area contributed by atoms with Gasteiger partial charge in [-0.2, -0.15) is 0 Å². The van der Waals surface area contributed by atoms with Gasteiger partial charge in [0, 0.05) is 11.8 Å². The van der Waals surface area contributed by atoms with E-state index in [-0.39, 0.29) is 5.91 Å². The highest BCUT2D eigenvalue weighted by atomic mass is 32.2. The van der Waals surface area contributed by atoms with Crippen molar-refractivity contribution in [1.29, 1.82) is 0 Å². The van der Waals surface area contributed by atoms with E-state index in [1.807, 2.05) is 30.3 Å². The molecule has 3 heterocycles. The zero-order chi connectivity index (χ0) is 20.3. The first kappa shape index (κ1) is 18.4. The lowest BCUT2D eigenvalue weighted by molar-refractivity contribution is -0.115. The number of hydrogen-bond donors (Lipinski definition) is 2. The molecule has 2 aromatic heterocycles. The number of carbonyl (C=O) groups excluding carboxylic acids is 1. The second-order valence-electron chi connectivity index (χ2n) is 6.54. The summed E-state index contributed by atoms with van der Waals surface area (Å²) in [4.78, 5) is 29.0. The van der Waals surface area contributed by atoms with E-state index in [1.165, 1.54) is 18.1 Å². The van der Waals surface area contributed by atoms with E-state index < -0.39 is 5.25 Å². The van der Waals surface area contributed by atoms with Crippen LogP contribution in [0.5, 0.6) is 11.5 Å². The van der Waals surface area contributed by atoms with E-state index in [2.05, 4.69) is 25.3 Å². The third-order valence-electron chi connectivity index (χ3n) is 4.57. The van der Waals surface area contributed by atoms with Crippen molar-refractivity contribution in [1.82, 2.24) is 19.9 Å². The molecule has 1 atom stereocenters. The molecule has 0 spiro atoms. The molecule has 1 aliphatic heterocycles. The summed E-state index contributed by atoms with van der Waals surface area (Å²) in [5, 5.41) is 3.12. The molecule has 150 valence electrons. The number of aromatic amines is 1. The van der Waals surface area contributed by atoms with Crippen LogP contribution in [0.25, 0.3) is 11.2 Å². The standard InChI is InChI=1S/C21H17N5O3S/c27-20(26-14-6-7-15-16(10-14)29-9-8-28-15)18(13-4-2-1-3-5-13)30-21-17-19(23-11-22-17)24-12-25-21/h1-7,10-12,18H,8-9H2,(H,26,27)(H,22,23,24,25)/t18-/m0/s1. The Kier molecular flexibility index (Phi) is 4.94. The Hall–Kier alpha value is -3.59. The molecule has 1 aliphatic rings. The fraction of sp³-hybridized carbons (Fsp3) is 0.143. The number of nitrogens with one attached hydrogen (secondary N) is 2. The summed E-state index contributed by atoms with van der Waals surface area (Å²) in [6.45, 7) is 1.01. The minimum absolute atomic E-state index is 0.172. The van der Waals surface area contributed by atoms with E-state index in [4.69, 9.17) is 9.47 Å².